The lowest BCUT2D eigenvalue weighted by atomic mass is 9.55. The van der Waals surface area contributed by atoms with Crippen molar-refractivity contribution in [2.45, 2.75) is 80.3 Å². The van der Waals surface area contributed by atoms with Gasteiger partial charge in [0.25, 0.3) is 0 Å². The van der Waals surface area contributed by atoms with Crippen LogP contribution in [0.2, 0.25) is 0 Å². The van der Waals surface area contributed by atoms with Crippen LogP contribution >= 0.6 is 0 Å². The molecule has 0 amide bonds. The van der Waals surface area contributed by atoms with Crippen LogP contribution < -0.4 is 0 Å². The van der Waals surface area contributed by atoms with E-state index in [1.165, 1.54) is 5.57 Å². The van der Waals surface area contributed by atoms with Crippen molar-refractivity contribution in [1.29, 1.82) is 0 Å². The first-order valence-electron chi connectivity index (χ1n) is 13.3. The zero-order valence-corrected chi connectivity index (χ0v) is 21.4. The Morgan fingerprint density at radius 1 is 1.14 bits per heavy atom. The van der Waals surface area contributed by atoms with E-state index in [0.717, 1.165) is 22.9 Å². The van der Waals surface area contributed by atoms with Crippen LogP contribution in [0, 0.1) is 11.3 Å². The highest BCUT2D eigenvalue weighted by molar-refractivity contribution is 5.84. The summed E-state index contributed by atoms with van der Waals surface area (Å²) in [5.74, 6) is 0.0245. The summed E-state index contributed by atoms with van der Waals surface area (Å²) in [6.45, 7) is 2.25. The number of ether oxygens (including phenoxy) is 1. The van der Waals surface area contributed by atoms with Gasteiger partial charge in [0.05, 0.1) is 17.2 Å². The van der Waals surface area contributed by atoms with Gasteiger partial charge in [0.2, 0.25) is 0 Å². The number of benzene rings is 1. The van der Waals surface area contributed by atoms with E-state index in [1.54, 1.807) is 6.33 Å². The average Bonchev–Trinajstić information content (AvgIpc) is 3.42. The molecule has 9 atom stereocenters. The van der Waals surface area contributed by atoms with Gasteiger partial charge in [-0.3, -0.25) is 0 Å². The molecule has 1 aromatic carbocycles. The summed E-state index contributed by atoms with van der Waals surface area (Å²) in [4.78, 5) is 10.4. The van der Waals surface area contributed by atoms with Gasteiger partial charge in [-0.05, 0) is 69.0 Å². The number of nitrogens with zero attached hydrogens (tertiary/aromatic N) is 3. The quantitative estimate of drug-likeness (QED) is 0.538. The minimum atomic E-state index is -2.47. The van der Waals surface area contributed by atoms with Crippen molar-refractivity contribution in [3.63, 3.8) is 0 Å². The first kappa shape index (κ1) is 23.9. The van der Waals surface area contributed by atoms with E-state index < -0.39 is 41.2 Å². The van der Waals surface area contributed by atoms with E-state index >= 15 is 4.39 Å². The fraction of sp³-hybridized carbons (Fsp3) is 0.586. The van der Waals surface area contributed by atoms with Crippen LogP contribution in [0.25, 0.3) is 16.5 Å². The van der Waals surface area contributed by atoms with Crippen LogP contribution in [0.1, 0.15) is 44.6 Å². The van der Waals surface area contributed by atoms with E-state index in [4.69, 9.17) is 4.74 Å². The molecular weight excluding hydrogens is 473 g/mol. The maximum atomic E-state index is 17.0. The molecule has 2 saturated heterocycles. The van der Waals surface area contributed by atoms with E-state index in [2.05, 4.69) is 35.1 Å². The number of fused-ring (bicyclic) bond motifs is 2. The third kappa shape index (κ3) is 2.73. The number of likely N-dealkylation sites (N-methyl/N-ethyl adjacent to an activating group) is 1. The summed E-state index contributed by atoms with van der Waals surface area (Å²) in [6, 6.07) is 5.79. The Kier molecular flexibility index (Phi) is 4.80. The predicted octanol–water partition coefficient (Wildman–Crippen LogP) is 2.80. The maximum Gasteiger partial charge on any atom is 0.197 e. The molecule has 8 heteroatoms. The van der Waals surface area contributed by atoms with Crippen molar-refractivity contribution in [2.75, 3.05) is 14.1 Å². The van der Waals surface area contributed by atoms with Crippen LogP contribution in [0.15, 0.2) is 48.4 Å². The molecule has 2 bridgehead atoms. The summed E-state index contributed by atoms with van der Waals surface area (Å²) >= 11 is 0. The molecule has 37 heavy (non-hydrogen) atoms. The minimum Gasteiger partial charge on any atom is -0.389 e. The summed E-state index contributed by atoms with van der Waals surface area (Å²) in [5, 5.41) is 34.5. The number of rotatable bonds is 2. The molecule has 3 aliphatic carbocycles. The van der Waals surface area contributed by atoms with Crippen molar-refractivity contribution in [3.05, 3.63) is 54.0 Å². The van der Waals surface area contributed by atoms with Crippen LogP contribution in [0.5, 0.6) is 0 Å². The second-order valence-corrected chi connectivity index (χ2v) is 12.3. The van der Waals surface area contributed by atoms with Crippen LogP contribution in [-0.2, 0) is 4.74 Å². The second-order valence-electron chi connectivity index (χ2n) is 12.3. The Morgan fingerprint density at radius 3 is 2.73 bits per heavy atom. The summed E-state index contributed by atoms with van der Waals surface area (Å²) in [5.41, 5.74) is -1.13. The standard InChI is InChI=1S/C29H34FN3O4/c1-26-9-8-19-24(35)29(30)25(36)23(34)21(33(2)3)13-27(29)10-11-28(19,37-27)22(26)7-6-18(26)16-4-5-17-14-31-15-32-20(17)12-16/h4-6,8,12,14-15,21-25,34-36H,7,9-11,13H2,1-3H3/t21-,22?,23+,24?,25-,26+,27+,28+,29?/m0/s1. The Hall–Kier alpha value is -2.23. The van der Waals surface area contributed by atoms with E-state index in [1.807, 2.05) is 37.3 Å². The van der Waals surface area contributed by atoms with E-state index in [0.29, 0.717) is 24.8 Å². The molecular formula is C29H34FN3O4. The number of allylic oxidation sites excluding steroid dienone is 3. The Balaban J connectivity index is 1.32. The average molecular weight is 508 g/mol. The highest BCUT2D eigenvalue weighted by Crippen LogP contribution is 2.70. The molecule has 3 heterocycles. The molecule has 0 radical (unpaired) electrons. The van der Waals surface area contributed by atoms with Gasteiger partial charge in [0, 0.05) is 29.0 Å². The minimum absolute atomic E-state index is 0.0245. The molecule has 2 aromatic rings. The molecule has 3 unspecified atom stereocenters. The first-order chi connectivity index (χ1) is 17.6. The number of aliphatic hydroxyl groups is 3. The maximum absolute atomic E-state index is 17.0. The van der Waals surface area contributed by atoms with Crippen molar-refractivity contribution in [2.24, 2.45) is 11.3 Å². The second kappa shape index (κ2) is 7.45. The van der Waals surface area contributed by atoms with Crippen LogP contribution in [0.4, 0.5) is 4.39 Å². The zero-order valence-electron chi connectivity index (χ0n) is 21.4. The van der Waals surface area contributed by atoms with Gasteiger partial charge in [-0.15, -0.1) is 0 Å². The van der Waals surface area contributed by atoms with Gasteiger partial charge in [0.1, 0.15) is 24.1 Å². The lowest BCUT2D eigenvalue weighted by Crippen LogP contribution is -2.78. The SMILES string of the molecule is CN(C)[C@H]1C[C@@]23CC[C@@]4(O2)C(=CC[C@]2(C)C(c5ccc6cncnc6c5)=CCC24)C(O)C3(F)[C@@H](O)[C@@H]1O. The fourth-order valence-electron chi connectivity index (χ4n) is 8.67. The number of hydrogen-bond acceptors (Lipinski definition) is 7. The smallest absolute Gasteiger partial charge is 0.197 e. The van der Waals surface area contributed by atoms with Gasteiger partial charge < -0.3 is 25.0 Å². The van der Waals surface area contributed by atoms with Crippen LogP contribution in [-0.4, -0.2) is 85.5 Å². The number of aliphatic hydroxyl groups excluding tert-OH is 3. The topological polar surface area (TPSA) is 98.9 Å². The number of halogens is 1. The largest absolute Gasteiger partial charge is 0.389 e. The zero-order chi connectivity index (χ0) is 26.0. The summed E-state index contributed by atoms with van der Waals surface area (Å²) in [7, 11) is 3.63. The van der Waals surface area contributed by atoms with Gasteiger partial charge >= 0.3 is 0 Å². The molecule has 7 nitrogen and oxygen atoms in total. The molecule has 1 aromatic heterocycles. The molecule has 5 aliphatic rings. The van der Waals surface area contributed by atoms with Gasteiger partial charge in [-0.25, -0.2) is 14.4 Å². The van der Waals surface area contributed by atoms with Crippen molar-refractivity contribution < 1.29 is 24.4 Å². The molecule has 196 valence electrons. The number of alkyl halides is 1. The summed E-state index contributed by atoms with van der Waals surface area (Å²) < 4.78 is 23.9. The van der Waals surface area contributed by atoms with E-state index in [-0.39, 0.29) is 17.8 Å². The Bertz CT molecular complexity index is 1360. The van der Waals surface area contributed by atoms with Gasteiger partial charge in [0.15, 0.2) is 5.67 Å². The first-order valence-corrected chi connectivity index (χ1v) is 13.3. The fourth-order valence-corrected chi connectivity index (χ4v) is 8.67. The van der Waals surface area contributed by atoms with Crippen molar-refractivity contribution in [3.8, 4) is 0 Å². The lowest BCUT2D eigenvalue weighted by Gasteiger charge is -2.62. The lowest BCUT2D eigenvalue weighted by molar-refractivity contribution is -0.308. The Labute approximate surface area is 215 Å². The monoisotopic (exact) mass is 507 g/mol. The Morgan fingerprint density at radius 2 is 1.95 bits per heavy atom. The molecule has 3 N–H and O–H groups in total. The molecule has 2 aliphatic heterocycles. The molecule has 7 rings (SSSR count). The third-order valence-electron chi connectivity index (χ3n) is 10.6. The molecule has 1 saturated carbocycles. The predicted molar refractivity (Wildman–Crippen MR) is 136 cm³/mol. The van der Waals surface area contributed by atoms with Crippen LogP contribution in [0.3, 0.4) is 0 Å². The molecule has 3 fully saturated rings. The summed E-state index contributed by atoms with van der Waals surface area (Å²) in [6.07, 6.45) is 5.59. The molecule has 2 spiro atoms. The van der Waals surface area contributed by atoms with Gasteiger partial charge in [-0.1, -0.05) is 31.2 Å². The highest BCUT2D eigenvalue weighted by Gasteiger charge is 2.79. The van der Waals surface area contributed by atoms with Crippen molar-refractivity contribution >= 4 is 16.5 Å². The van der Waals surface area contributed by atoms with Crippen molar-refractivity contribution in [1.82, 2.24) is 14.9 Å². The number of aromatic nitrogens is 2. The number of hydrogen-bond donors (Lipinski definition) is 3. The highest BCUT2D eigenvalue weighted by atomic mass is 19.1. The normalized spacial score (nSPS) is 46.3. The third-order valence-corrected chi connectivity index (χ3v) is 10.6. The van der Waals surface area contributed by atoms with Gasteiger partial charge in [-0.2, -0.15) is 0 Å². The van der Waals surface area contributed by atoms with E-state index in [9.17, 15) is 15.3 Å².